The molecule has 0 amide bonds. The third-order valence-corrected chi connectivity index (χ3v) is 4.68. The maximum atomic E-state index is 11.9. The van der Waals surface area contributed by atoms with Crippen LogP contribution in [0.3, 0.4) is 0 Å². The summed E-state index contributed by atoms with van der Waals surface area (Å²) in [6, 6.07) is 9.58. The van der Waals surface area contributed by atoms with Crippen molar-refractivity contribution >= 4 is 40.8 Å². The summed E-state index contributed by atoms with van der Waals surface area (Å²) in [5, 5.41) is -0.411. The molecule has 2 aliphatic rings. The Morgan fingerprint density at radius 3 is 2.50 bits per heavy atom. The largest absolute Gasteiger partial charge is 0.461 e. The van der Waals surface area contributed by atoms with E-state index in [9.17, 15) is 4.79 Å². The lowest BCUT2D eigenvalue weighted by Crippen LogP contribution is -2.32. The minimum Gasteiger partial charge on any atom is -0.461 e. The van der Waals surface area contributed by atoms with Crippen molar-refractivity contribution in [3.8, 4) is 0 Å². The fraction of sp³-hybridized carbons (Fsp3) is 0.533. The lowest BCUT2D eigenvalue weighted by molar-refractivity contribution is -0.149. The molecule has 3 rings (SSSR count). The average Bonchev–Trinajstić information content (AvgIpc) is 2.88. The van der Waals surface area contributed by atoms with Crippen LogP contribution in [-0.4, -0.2) is 34.5 Å². The molecule has 0 unspecified atom stereocenters. The van der Waals surface area contributed by atoms with Crippen LogP contribution in [0.2, 0.25) is 0 Å². The van der Waals surface area contributed by atoms with Crippen LogP contribution >= 0.6 is 34.8 Å². The van der Waals surface area contributed by atoms with Gasteiger partial charge in [0.1, 0.15) is 12.7 Å². The van der Waals surface area contributed by atoms with Crippen molar-refractivity contribution < 1.29 is 19.0 Å². The van der Waals surface area contributed by atoms with Gasteiger partial charge in [0.05, 0.1) is 6.10 Å². The van der Waals surface area contributed by atoms with Crippen LogP contribution in [0.4, 0.5) is 0 Å². The molecule has 120 valence electrons. The smallest absolute Gasteiger partial charge is 0.342 e. The van der Waals surface area contributed by atoms with Crippen molar-refractivity contribution in [1.29, 1.82) is 0 Å². The molecule has 0 spiro atoms. The van der Waals surface area contributed by atoms with Crippen LogP contribution in [0, 0.1) is 0 Å². The van der Waals surface area contributed by atoms with E-state index in [1.165, 1.54) is 0 Å². The lowest BCUT2D eigenvalue weighted by Gasteiger charge is -2.20. The molecule has 0 bridgehead atoms. The van der Waals surface area contributed by atoms with E-state index < -0.39 is 28.1 Å². The number of halogens is 3. The second-order valence-electron chi connectivity index (χ2n) is 5.43. The molecule has 0 aliphatic carbocycles. The number of ether oxygens (including phenoxy) is 3. The number of fused-ring (bicyclic) bond motifs is 1. The van der Waals surface area contributed by atoms with Crippen molar-refractivity contribution in [1.82, 2.24) is 0 Å². The third kappa shape index (κ3) is 3.52. The van der Waals surface area contributed by atoms with Gasteiger partial charge in [-0.05, 0) is 6.42 Å². The first-order valence-electron chi connectivity index (χ1n) is 7.01. The second-order valence-corrected chi connectivity index (χ2v) is 7.53. The highest BCUT2D eigenvalue weighted by Crippen LogP contribution is 2.39. The minimum absolute atomic E-state index is 0.0393. The predicted octanol–water partition coefficient (Wildman–Crippen LogP) is 3.59. The number of rotatable bonds is 1. The van der Waals surface area contributed by atoms with Crippen LogP contribution in [0.15, 0.2) is 30.3 Å². The standard InChI is InChI=1S/C15H15Cl3O4/c16-10-6-11-12(8-20-14(19)15(17,18)7-10)22-13(21-11)9-4-2-1-3-5-9/h1-5,10-13H,6-8H2/t10-,11-,12+,13-/m0/s1. The normalized spacial score (nSPS) is 35.0. The van der Waals surface area contributed by atoms with Gasteiger partial charge in [-0.25, -0.2) is 4.79 Å². The van der Waals surface area contributed by atoms with Gasteiger partial charge >= 0.3 is 5.97 Å². The van der Waals surface area contributed by atoms with E-state index in [-0.39, 0.29) is 19.1 Å². The molecular weight excluding hydrogens is 351 g/mol. The Hall–Kier alpha value is -0.520. The van der Waals surface area contributed by atoms with E-state index in [0.29, 0.717) is 6.42 Å². The van der Waals surface area contributed by atoms with Crippen molar-refractivity contribution in [2.45, 2.75) is 41.1 Å². The molecule has 1 aromatic rings. The second kappa shape index (κ2) is 6.54. The molecule has 0 radical (unpaired) electrons. The molecule has 2 fully saturated rings. The molecule has 2 aliphatic heterocycles. The summed E-state index contributed by atoms with van der Waals surface area (Å²) in [5.41, 5.74) is 0.911. The van der Waals surface area contributed by atoms with Gasteiger partial charge in [0, 0.05) is 17.4 Å². The van der Waals surface area contributed by atoms with Crippen molar-refractivity contribution in [3.63, 3.8) is 0 Å². The van der Waals surface area contributed by atoms with Crippen molar-refractivity contribution in [2.75, 3.05) is 6.61 Å². The number of carbonyl (C=O) groups excluding carboxylic acids is 1. The Labute approximate surface area is 143 Å². The van der Waals surface area contributed by atoms with Gasteiger partial charge < -0.3 is 14.2 Å². The number of benzene rings is 1. The fourth-order valence-electron chi connectivity index (χ4n) is 2.61. The van der Waals surface area contributed by atoms with Crippen LogP contribution < -0.4 is 0 Å². The topological polar surface area (TPSA) is 44.8 Å². The van der Waals surface area contributed by atoms with E-state index in [1.807, 2.05) is 30.3 Å². The molecule has 4 atom stereocenters. The first kappa shape index (κ1) is 16.3. The first-order chi connectivity index (χ1) is 10.5. The first-order valence-corrected chi connectivity index (χ1v) is 8.20. The Bertz CT molecular complexity index is 537. The molecule has 0 aromatic heterocycles. The average molecular weight is 366 g/mol. The fourth-order valence-corrected chi connectivity index (χ4v) is 3.65. The maximum Gasteiger partial charge on any atom is 0.342 e. The van der Waals surface area contributed by atoms with Crippen LogP contribution in [0.25, 0.3) is 0 Å². The van der Waals surface area contributed by atoms with E-state index in [2.05, 4.69) is 0 Å². The summed E-state index contributed by atoms with van der Waals surface area (Å²) in [4.78, 5) is 11.9. The lowest BCUT2D eigenvalue weighted by atomic mass is 10.1. The van der Waals surface area contributed by atoms with Crippen molar-refractivity contribution in [2.24, 2.45) is 0 Å². The Kier molecular flexibility index (Phi) is 4.86. The summed E-state index contributed by atoms with van der Waals surface area (Å²) in [6.45, 7) is 0.0393. The van der Waals surface area contributed by atoms with E-state index >= 15 is 0 Å². The summed E-state index contributed by atoms with van der Waals surface area (Å²) < 4.78 is 15.3. The van der Waals surface area contributed by atoms with Gasteiger partial charge in [0.25, 0.3) is 0 Å². The van der Waals surface area contributed by atoms with Crippen molar-refractivity contribution in [3.05, 3.63) is 35.9 Å². The molecule has 0 saturated carbocycles. The molecule has 2 heterocycles. The van der Waals surface area contributed by atoms with E-state index in [1.54, 1.807) is 0 Å². The minimum atomic E-state index is -1.64. The Morgan fingerprint density at radius 1 is 1.09 bits per heavy atom. The summed E-state index contributed by atoms with van der Waals surface area (Å²) in [5.74, 6) is -0.700. The van der Waals surface area contributed by atoms with Crippen LogP contribution in [-0.2, 0) is 19.0 Å². The molecule has 0 N–H and O–H groups in total. The van der Waals surface area contributed by atoms with Gasteiger partial charge in [-0.1, -0.05) is 53.5 Å². The van der Waals surface area contributed by atoms with Crippen LogP contribution in [0.5, 0.6) is 0 Å². The molecule has 22 heavy (non-hydrogen) atoms. The number of cyclic esters (lactones) is 1. The number of carbonyl (C=O) groups is 1. The number of hydrogen-bond donors (Lipinski definition) is 0. The van der Waals surface area contributed by atoms with E-state index in [4.69, 9.17) is 49.0 Å². The zero-order valence-corrected chi connectivity index (χ0v) is 13.9. The molecule has 1 aromatic carbocycles. The predicted molar refractivity (Wildman–Crippen MR) is 83.2 cm³/mol. The number of hydrogen-bond acceptors (Lipinski definition) is 4. The van der Waals surface area contributed by atoms with Gasteiger partial charge in [-0.2, -0.15) is 0 Å². The molecular formula is C15H15Cl3O4. The molecule has 2 saturated heterocycles. The third-order valence-electron chi connectivity index (χ3n) is 3.73. The summed E-state index contributed by atoms with van der Waals surface area (Å²) in [7, 11) is 0. The Morgan fingerprint density at radius 2 is 1.77 bits per heavy atom. The molecule has 4 nitrogen and oxygen atoms in total. The van der Waals surface area contributed by atoms with Gasteiger partial charge in [-0.3, -0.25) is 0 Å². The summed E-state index contributed by atoms with van der Waals surface area (Å²) >= 11 is 18.2. The highest BCUT2D eigenvalue weighted by molar-refractivity contribution is 6.57. The quantitative estimate of drug-likeness (QED) is 0.563. The Balaban J connectivity index is 1.75. The number of esters is 1. The SMILES string of the molecule is O=C1OC[C@H]2O[C@@H](c3ccccc3)O[C@H]2C[C@H](Cl)CC1(Cl)Cl. The van der Waals surface area contributed by atoms with E-state index in [0.717, 1.165) is 5.56 Å². The molecule has 7 heteroatoms. The highest BCUT2D eigenvalue weighted by Gasteiger charge is 2.45. The zero-order chi connectivity index (χ0) is 15.7. The van der Waals surface area contributed by atoms with Crippen LogP contribution in [0.1, 0.15) is 24.7 Å². The monoisotopic (exact) mass is 364 g/mol. The van der Waals surface area contributed by atoms with Gasteiger partial charge in [0.2, 0.25) is 4.33 Å². The maximum absolute atomic E-state index is 11.9. The highest BCUT2D eigenvalue weighted by atomic mass is 35.5. The van der Waals surface area contributed by atoms with Gasteiger partial charge in [-0.15, -0.1) is 11.6 Å². The summed E-state index contributed by atoms with van der Waals surface area (Å²) in [6.07, 6.45) is -0.581. The zero-order valence-electron chi connectivity index (χ0n) is 11.6. The number of alkyl halides is 3. The van der Waals surface area contributed by atoms with Gasteiger partial charge in [0.15, 0.2) is 6.29 Å².